The highest BCUT2D eigenvalue weighted by atomic mass is 32.2. The Morgan fingerprint density at radius 3 is 3.00 bits per heavy atom. The van der Waals surface area contributed by atoms with Crippen molar-refractivity contribution in [2.75, 3.05) is 11.6 Å². The van der Waals surface area contributed by atoms with Gasteiger partial charge in [0.1, 0.15) is 5.52 Å². The minimum atomic E-state index is 0.514. The minimum Gasteiger partial charge on any atom is -0.424 e. The average Bonchev–Trinajstić information content (AvgIpc) is 2.94. The molecule has 90 valence electrons. The van der Waals surface area contributed by atoms with Gasteiger partial charge in [0.2, 0.25) is 0 Å². The third-order valence-electron chi connectivity index (χ3n) is 3.34. The van der Waals surface area contributed by atoms with Crippen LogP contribution in [-0.4, -0.2) is 22.5 Å². The Labute approximate surface area is 105 Å². The van der Waals surface area contributed by atoms with Gasteiger partial charge in [-0.15, -0.1) is 0 Å². The zero-order valence-electron chi connectivity index (χ0n) is 9.85. The largest absolute Gasteiger partial charge is 0.424 e. The molecular formula is C13H16N2OS. The first-order valence-corrected chi connectivity index (χ1v) is 7.29. The Hall–Kier alpha value is -1.16. The van der Waals surface area contributed by atoms with Crippen molar-refractivity contribution in [3.8, 4) is 0 Å². The number of nitrogens with one attached hydrogen (secondary N) is 1. The number of nitrogens with zero attached hydrogens (tertiary/aromatic N) is 1. The van der Waals surface area contributed by atoms with E-state index >= 15 is 0 Å². The normalized spacial score (nSPS) is 24.3. The van der Waals surface area contributed by atoms with Gasteiger partial charge in [-0.2, -0.15) is 16.7 Å². The van der Waals surface area contributed by atoms with Crippen LogP contribution in [0.3, 0.4) is 0 Å². The van der Waals surface area contributed by atoms with Gasteiger partial charge in [0, 0.05) is 11.3 Å². The van der Waals surface area contributed by atoms with E-state index in [-0.39, 0.29) is 0 Å². The second-order valence-electron chi connectivity index (χ2n) is 4.50. The van der Waals surface area contributed by atoms with E-state index in [9.17, 15) is 0 Å². The second kappa shape index (κ2) is 4.61. The molecular weight excluding hydrogens is 232 g/mol. The fourth-order valence-electron chi connectivity index (χ4n) is 2.39. The van der Waals surface area contributed by atoms with Crippen LogP contribution in [0.4, 0.5) is 6.01 Å². The first-order chi connectivity index (χ1) is 8.35. The molecule has 0 aliphatic heterocycles. The van der Waals surface area contributed by atoms with Gasteiger partial charge < -0.3 is 9.73 Å². The van der Waals surface area contributed by atoms with Gasteiger partial charge in [-0.1, -0.05) is 12.1 Å². The Morgan fingerprint density at radius 2 is 2.24 bits per heavy atom. The molecule has 0 spiro atoms. The molecule has 3 nitrogen and oxygen atoms in total. The molecule has 1 aromatic carbocycles. The molecule has 1 heterocycles. The molecule has 0 amide bonds. The van der Waals surface area contributed by atoms with Crippen LogP contribution in [0.25, 0.3) is 11.1 Å². The number of fused-ring (bicyclic) bond motifs is 1. The van der Waals surface area contributed by atoms with Crippen LogP contribution in [0.15, 0.2) is 28.7 Å². The summed E-state index contributed by atoms with van der Waals surface area (Å²) >= 11 is 1.96. The number of aromatic nitrogens is 1. The van der Waals surface area contributed by atoms with Crippen molar-refractivity contribution in [1.82, 2.24) is 4.98 Å². The van der Waals surface area contributed by atoms with Crippen LogP contribution >= 0.6 is 11.8 Å². The van der Waals surface area contributed by atoms with E-state index in [4.69, 9.17) is 4.42 Å². The van der Waals surface area contributed by atoms with Crippen LogP contribution in [0.1, 0.15) is 19.3 Å². The van der Waals surface area contributed by atoms with Crippen LogP contribution in [0.2, 0.25) is 0 Å². The maximum absolute atomic E-state index is 5.67. The highest BCUT2D eigenvalue weighted by molar-refractivity contribution is 7.99. The summed E-state index contributed by atoms with van der Waals surface area (Å²) in [4.78, 5) is 4.44. The average molecular weight is 248 g/mol. The number of hydrogen-bond donors (Lipinski definition) is 1. The van der Waals surface area contributed by atoms with E-state index in [0.29, 0.717) is 12.1 Å². The van der Waals surface area contributed by atoms with Gasteiger partial charge in [-0.25, -0.2) is 0 Å². The van der Waals surface area contributed by atoms with Gasteiger partial charge in [0.05, 0.1) is 0 Å². The molecule has 1 aliphatic rings. The molecule has 1 fully saturated rings. The van der Waals surface area contributed by atoms with E-state index < -0.39 is 0 Å². The van der Waals surface area contributed by atoms with Gasteiger partial charge in [0.25, 0.3) is 6.01 Å². The Kier molecular flexibility index (Phi) is 2.97. The molecule has 2 atom stereocenters. The molecule has 0 bridgehead atoms. The molecule has 0 radical (unpaired) electrons. The highest BCUT2D eigenvalue weighted by Gasteiger charge is 2.24. The van der Waals surface area contributed by atoms with Crippen LogP contribution < -0.4 is 5.32 Å². The summed E-state index contributed by atoms with van der Waals surface area (Å²) in [5, 5.41) is 4.19. The summed E-state index contributed by atoms with van der Waals surface area (Å²) in [5.41, 5.74) is 1.78. The quantitative estimate of drug-likeness (QED) is 0.902. The molecule has 2 unspecified atom stereocenters. The summed E-state index contributed by atoms with van der Waals surface area (Å²) in [6.07, 6.45) is 5.90. The van der Waals surface area contributed by atoms with Gasteiger partial charge in [-0.3, -0.25) is 0 Å². The molecule has 2 aromatic rings. The number of rotatable bonds is 3. The number of oxazole rings is 1. The van der Waals surface area contributed by atoms with Crippen molar-refractivity contribution >= 4 is 28.9 Å². The Morgan fingerprint density at radius 1 is 1.35 bits per heavy atom. The van der Waals surface area contributed by atoms with Crippen molar-refractivity contribution < 1.29 is 4.42 Å². The summed E-state index contributed by atoms with van der Waals surface area (Å²) in [7, 11) is 0. The maximum Gasteiger partial charge on any atom is 0.295 e. The molecule has 1 saturated carbocycles. The zero-order chi connectivity index (χ0) is 11.7. The van der Waals surface area contributed by atoms with Crippen molar-refractivity contribution in [3.05, 3.63) is 24.3 Å². The van der Waals surface area contributed by atoms with E-state index in [1.807, 2.05) is 36.0 Å². The van der Waals surface area contributed by atoms with Crippen molar-refractivity contribution in [3.63, 3.8) is 0 Å². The number of benzene rings is 1. The maximum atomic E-state index is 5.67. The molecule has 1 aromatic heterocycles. The molecule has 1 aliphatic carbocycles. The Bertz CT molecular complexity index is 478. The zero-order valence-corrected chi connectivity index (χ0v) is 10.7. The first kappa shape index (κ1) is 11.0. The van der Waals surface area contributed by atoms with Crippen LogP contribution in [-0.2, 0) is 0 Å². The lowest BCUT2D eigenvalue weighted by Gasteiger charge is -2.09. The lowest BCUT2D eigenvalue weighted by atomic mass is 10.3. The van der Waals surface area contributed by atoms with Crippen molar-refractivity contribution in [2.45, 2.75) is 30.6 Å². The monoisotopic (exact) mass is 248 g/mol. The number of thioether (sulfide) groups is 1. The predicted molar refractivity (Wildman–Crippen MR) is 72.6 cm³/mol. The third-order valence-corrected chi connectivity index (χ3v) is 4.43. The topological polar surface area (TPSA) is 38.1 Å². The Balaban J connectivity index is 1.73. The van der Waals surface area contributed by atoms with E-state index in [2.05, 4.69) is 16.6 Å². The smallest absolute Gasteiger partial charge is 0.295 e. The van der Waals surface area contributed by atoms with Gasteiger partial charge in [0.15, 0.2) is 5.58 Å². The van der Waals surface area contributed by atoms with E-state index in [0.717, 1.165) is 16.3 Å². The highest BCUT2D eigenvalue weighted by Crippen LogP contribution is 2.30. The summed E-state index contributed by atoms with van der Waals surface area (Å²) in [6.45, 7) is 0. The number of hydrogen-bond acceptors (Lipinski definition) is 4. The van der Waals surface area contributed by atoms with E-state index in [1.54, 1.807) is 0 Å². The minimum absolute atomic E-state index is 0.514. The second-order valence-corrected chi connectivity index (χ2v) is 5.64. The number of para-hydroxylation sites is 2. The third kappa shape index (κ3) is 2.27. The SMILES string of the molecule is CSC1CCC(Nc2nc3ccccc3o2)C1. The molecule has 4 heteroatoms. The first-order valence-electron chi connectivity index (χ1n) is 6.00. The van der Waals surface area contributed by atoms with Gasteiger partial charge >= 0.3 is 0 Å². The fraction of sp³-hybridized carbons (Fsp3) is 0.462. The van der Waals surface area contributed by atoms with Crippen molar-refractivity contribution in [2.24, 2.45) is 0 Å². The van der Waals surface area contributed by atoms with Gasteiger partial charge in [-0.05, 0) is 37.7 Å². The van der Waals surface area contributed by atoms with Crippen LogP contribution in [0, 0.1) is 0 Å². The fourth-order valence-corrected chi connectivity index (χ4v) is 3.19. The standard InChI is InChI=1S/C13H16N2OS/c1-17-10-7-6-9(8-10)14-13-15-11-4-2-3-5-12(11)16-13/h2-5,9-10H,6-8H2,1H3,(H,14,15). The molecule has 3 rings (SSSR count). The van der Waals surface area contributed by atoms with Crippen LogP contribution in [0.5, 0.6) is 0 Å². The van der Waals surface area contributed by atoms with Crippen molar-refractivity contribution in [1.29, 1.82) is 0 Å². The van der Waals surface area contributed by atoms with E-state index in [1.165, 1.54) is 19.3 Å². The molecule has 0 saturated heterocycles. The molecule has 1 N–H and O–H groups in total. The summed E-state index contributed by atoms with van der Waals surface area (Å²) in [6, 6.07) is 9.05. The summed E-state index contributed by atoms with van der Waals surface area (Å²) in [5.74, 6) is 0. The summed E-state index contributed by atoms with van der Waals surface area (Å²) < 4.78 is 5.67. The lowest BCUT2D eigenvalue weighted by molar-refractivity contribution is 0.594. The lowest BCUT2D eigenvalue weighted by Crippen LogP contribution is -2.15. The number of anilines is 1. The molecule has 17 heavy (non-hydrogen) atoms. The predicted octanol–water partition coefficient (Wildman–Crippen LogP) is 3.52.